The molecule has 17 heavy (non-hydrogen) atoms. The first-order valence-corrected chi connectivity index (χ1v) is 7.57. The SMILES string of the molecule is O=C(Cc1ccc(Cl)s1)c1cc(Br)ccc1Br. The minimum Gasteiger partial charge on any atom is -0.294 e. The van der Waals surface area contributed by atoms with Crippen LogP contribution in [0.15, 0.2) is 39.3 Å². The number of ketones is 1. The first-order valence-electron chi connectivity index (χ1n) is 4.79. The molecule has 0 amide bonds. The Morgan fingerprint density at radius 1 is 1.24 bits per heavy atom. The van der Waals surface area contributed by atoms with E-state index < -0.39 is 0 Å². The second kappa shape index (κ2) is 5.65. The molecule has 1 nitrogen and oxygen atoms in total. The molecule has 0 bridgehead atoms. The lowest BCUT2D eigenvalue weighted by molar-refractivity contribution is 0.0993. The second-order valence-electron chi connectivity index (χ2n) is 3.43. The minimum atomic E-state index is 0.0803. The molecule has 0 radical (unpaired) electrons. The van der Waals surface area contributed by atoms with E-state index in [-0.39, 0.29) is 5.78 Å². The van der Waals surface area contributed by atoms with Crippen molar-refractivity contribution in [2.75, 3.05) is 0 Å². The maximum atomic E-state index is 12.1. The van der Waals surface area contributed by atoms with E-state index in [9.17, 15) is 4.79 Å². The van der Waals surface area contributed by atoms with Crippen molar-refractivity contribution < 1.29 is 4.79 Å². The summed E-state index contributed by atoms with van der Waals surface area (Å²) in [6.07, 6.45) is 0.381. The first-order chi connectivity index (χ1) is 8.06. The molecule has 0 N–H and O–H groups in total. The Kier molecular flexibility index (Phi) is 4.42. The van der Waals surface area contributed by atoms with Gasteiger partial charge in [0.05, 0.1) is 4.34 Å². The molecule has 0 fully saturated rings. The van der Waals surface area contributed by atoms with Gasteiger partial charge in [0.2, 0.25) is 0 Å². The monoisotopic (exact) mass is 392 g/mol. The van der Waals surface area contributed by atoms with Crippen molar-refractivity contribution in [3.05, 3.63) is 54.1 Å². The Morgan fingerprint density at radius 2 is 2.00 bits per heavy atom. The van der Waals surface area contributed by atoms with Gasteiger partial charge in [0.15, 0.2) is 5.78 Å². The first kappa shape index (κ1) is 13.3. The summed E-state index contributed by atoms with van der Waals surface area (Å²) >= 11 is 14.0. The fourth-order valence-corrected chi connectivity index (χ4v) is 3.33. The van der Waals surface area contributed by atoms with Crippen LogP contribution in [-0.4, -0.2) is 5.78 Å². The van der Waals surface area contributed by atoms with Crippen molar-refractivity contribution in [1.82, 2.24) is 0 Å². The molecule has 0 aliphatic rings. The third-order valence-corrected chi connectivity index (χ3v) is 4.61. The van der Waals surface area contributed by atoms with Crippen LogP contribution in [0, 0.1) is 0 Å². The minimum absolute atomic E-state index is 0.0803. The van der Waals surface area contributed by atoms with Crippen molar-refractivity contribution in [1.29, 1.82) is 0 Å². The van der Waals surface area contributed by atoms with Gasteiger partial charge in [-0.1, -0.05) is 43.5 Å². The average molecular weight is 395 g/mol. The van der Waals surface area contributed by atoms with Crippen LogP contribution < -0.4 is 0 Å². The number of rotatable bonds is 3. The zero-order valence-corrected chi connectivity index (χ0v) is 13.3. The molecule has 0 aliphatic heterocycles. The molecule has 2 rings (SSSR count). The van der Waals surface area contributed by atoms with Crippen LogP contribution in [-0.2, 0) is 6.42 Å². The molecule has 0 unspecified atom stereocenters. The van der Waals surface area contributed by atoms with Crippen molar-refractivity contribution in [3.63, 3.8) is 0 Å². The largest absolute Gasteiger partial charge is 0.294 e. The highest BCUT2D eigenvalue weighted by Gasteiger charge is 2.12. The third kappa shape index (κ3) is 3.41. The Balaban J connectivity index is 2.22. The average Bonchev–Trinajstić information content (AvgIpc) is 2.67. The van der Waals surface area contributed by atoms with E-state index in [0.29, 0.717) is 16.3 Å². The summed E-state index contributed by atoms with van der Waals surface area (Å²) in [6.45, 7) is 0. The number of Topliss-reactive ketones (excluding diaryl/α,β-unsaturated/α-hetero) is 1. The molecule has 1 aromatic heterocycles. The number of hydrogen-bond donors (Lipinski definition) is 0. The maximum Gasteiger partial charge on any atom is 0.169 e. The maximum absolute atomic E-state index is 12.1. The molecule has 0 saturated carbocycles. The second-order valence-corrected chi connectivity index (χ2v) is 7.00. The summed E-state index contributed by atoms with van der Waals surface area (Å²) in [5, 5.41) is 0. The molecule has 0 saturated heterocycles. The van der Waals surface area contributed by atoms with Crippen LogP contribution in [0.3, 0.4) is 0 Å². The van der Waals surface area contributed by atoms with E-state index in [0.717, 1.165) is 13.8 Å². The van der Waals surface area contributed by atoms with Crippen molar-refractivity contribution >= 4 is 60.6 Å². The van der Waals surface area contributed by atoms with Crippen molar-refractivity contribution in [2.24, 2.45) is 0 Å². The van der Waals surface area contributed by atoms with Crippen LogP contribution >= 0.6 is 54.8 Å². The lowest BCUT2D eigenvalue weighted by Crippen LogP contribution is -2.03. The fraction of sp³-hybridized carbons (Fsp3) is 0.0833. The van der Waals surface area contributed by atoms with E-state index in [2.05, 4.69) is 31.9 Å². The number of halogens is 3. The van der Waals surface area contributed by atoms with E-state index in [1.54, 1.807) is 0 Å². The predicted molar refractivity (Wildman–Crippen MR) is 79.2 cm³/mol. The number of carbonyl (C=O) groups excluding carboxylic acids is 1. The summed E-state index contributed by atoms with van der Waals surface area (Å²) in [4.78, 5) is 13.1. The molecule has 1 aromatic carbocycles. The van der Waals surface area contributed by atoms with Crippen LogP contribution in [0.25, 0.3) is 0 Å². The quantitative estimate of drug-likeness (QED) is 0.641. The highest BCUT2D eigenvalue weighted by Crippen LogP contribution is 2.26. The molecule has 1 heterocycles. The number of thiophene rings is 1. The van der Waals surface area contributed by atoms with Gasteiger partial charge in [-0.25, -0.2) is 0 Å². The van der Waals surface area contributed by atoms with Crippen LogP contribution in [0.1, 0.15) is 15.2 Å². The summed E-state index contributed by atoms with van der Waals surface area (Å²) in [7, 11) is 0. The molecule has 0 aliphatic carbocycles. The summed E-state index contributed by atoms with van der Waals surface area (Å²) in [6, 6.07) is 9.27. The smallest absolute Gasteiger partial charge is 0.169 e. The third-order valence-electron chi connectivity index (χ3n) is 2.19. The van der Waals surface area contributed by atoms with Crippen LogP contribution in [0.2, 0.25) is 4.34 Å². The van der Waals surface area contributed by atoms with Gasteiger partial charge in [0, 0.05) is 25.8 Å². The summed E-state index contributed by atoms with van der Waals surface area (Å²) in [5.74, 6) is 0.0803. The lowest BCUT2D eigenvalue weighted by Gasteiger charge is -2.03. The molecule has 88 valence electrons. The normalized spacial score (nSPS) is 10.5. The van der Waals surface area contributed by atoms with Gasteiger partial charge in [0.1, 0.15) is 0 Å². The van der Waals surface area contributed by atoms with Crippen LogP contribution in [0.5, 0.6) is 0 Å². The Morgan fingerprint density at radius 3 is 2.65 bits per heavy atom. The van der Waals surface area contributed by atoms with Gasteiger partial charge in [-0.15, -0.1) is 11.3 Å². The Labute approximate surface area is 125 Å². The van der Waals surface area contributed by atoms with Gasteiger partial charge >= 0.3 is 0 Å². The number of hydrogen-bond acceptors (Lipinski definition) is 2. The predicted octanol–water partition coefficient (Wildman–Crippen LogP) is 5.35. The highest BCUT2D eigenvalue weighted by atomic mass is 79.9. The van der Waals surface area contributed by atoms with Gasteiger partial charge < -0.3 is 0 Å². The molecular formula is C12H7Br2ClOS. The topological polar surface area (TPSA) is 17.1 Å². The Hall–Kier alpha value is -0.160. The number of carbonyl (C=O) groups is 1. The van der Waals surface area contributed by atoms with Gasteiger partial charge in [-0.3, -0.25) is 4.79 Å². The highest BCUT2D eigenvalue weighted by molar-refractivity contribution is 9.11. The summed E-state index contributed by atoms with van der Waals surface area (Å²) in [5.41, 5.74) is 0.684. The van der Waals surface area contributed by atoms with E-state index in [4.69, 9.17) is 11.6 Å². The van der Waals surface area contributed by atoms with Gasteiger partial charge in [0.25, 0.3) is 0 Å². The lowest BCUT2D eigenvalue weighted by atomic mass is 10.1. The van der Waals surface area contributed by atoms with E-state index >= 15 is 0 Å². The summed E-state index contributed by atoms with van der Waals surface area (Å²) < 4.78 is 2.42. The van der Waals surface area contributed by atoms with Crippen molar-refractivity contribution in [3.8, 4) is 0 Å². The van der Waals surface area contributed by atoms with E-state index in [1.807, 2.05) is 30.3 Å². The Bertz CT molecular complexity index is 565. The molecule has 5 heteroatoms. The van der Waals surface area contributed by atoms with Crippen LogP contribution in [0.4, 0.5) is 0 Å². The van der Waals surface area contributed by atoms with Crippen molar-refractivity contribution in [2.45, 2.75) is 6.42 Å². The van der Waals surface area contributed by atoms with E-state index in [1.165, 1.54) is 11.3 Å². The van der Waals surface area contributed by atoms with Gasteiger partial charge in [-0.05, 0) is 30.3 Å². The molecule has 0 atom stereocenters. The zero-order valence-electron chi connectivity index (χ0n) is 8.54. The zero-order chi connectivity index (χ0) is 12.4. The fourth-order valence-electron chi connectivity index (χ4n) is 1.41. The number of benzene rings is 1. The molecule has 2 aromatic rings. The van der Waals surface area contributed by atoms with Gasteiger partial charge in [-0.2, -0.15) is 0 Å². The molecular weight excluding hydrogens is 387 g/mol. The standard InChI is InChI=1S/C12H7Br2ClOS/c13-7-1-3-10(14)9(5-7)11(16)6-8-2-4-12(15)17-8/h1-5H,6H2. The molecule has 0 spiro atoms.